The number of ether oxygens (including phenoxy) is 1. The van der Waals surface area contributed by atoms with Crippen molar-refractivity contribution in [1.82, 2.24) is 0 Å². The monoisotopic (exact) mass is 226 g/mol. The van der Waals surface area contributed by atoms with Crippen LogP contribution >= 0.6 is 11.6 Å². The van der Waals surface area contributed by atoms with Gasteiger partial charge in [0.2, 0.25) is 0 Å². The molecule has 0 aromatic heterocycles. The molecule has 1 rings (SSSR count). The van der Waals surface area contributed by atoms with Crippen LogP contribution in [0.25, 0.3) is 0 Å². The van der Waals surface area contributed by atoms with Crippen molar-refractivity contribution in [2.75, 3.05) is 6.61 Å². The second kappa shape index (κ2) is 5.17. The quantitative estimate of drug-likeness (QED) is 0.737. The van der Waals surface area contributed by atoms with Crippen molar-refractivity contribution in [3.63, 3.8) is 0 Å². The van der Waals surface area contributed by atoms with E-state index in [1.807, 2.05) is 25.1 Å². The van der Waals surface area contributed by atoms with Gasteiger partial charge in [-0.1, -0.05) is 26.0 Å². The van der Waals surface area contributed by atoms with Crippen molar-refractivity contribution >= 4 is 16.8 Å². The highest BCUT2D eigenvalue weighted by Crippen LogP contribution is 2.27. The molecule has 82 valence electrons. The molecular formula is C12H15ClO2. The Bertz CT molecular complexity index is 359. The van der Waals surface area contributed by atoms with E-state index in [9.17, 15) is 4.79 Å². The third-order valence-electron chi connectivity index (χ3n) is 2.13. The van der Waals surface area contributed by atoms with Crippen LogP contribution < -0.4 is 4.74 Å². The van der Waals surface area contributed by atoms with Gasteiger partial charge in [0.05, 0.1) is 0 Å². The number of rotatable bonds is 4. The van der Waals surface area contributed by atoms with Gasteiger partial charge in [-0.05, 0) is 41.6 Å². The molecule has 0 saturated heterocycles. The first-order valence-electron chi connectivity index (χ1n) is 4.92. The van der Waals surface area contributed by atoms with Gasteiger partial charge in [0.25, 0.3) is 5.24 Å². The SMILES string of the molecule is Cc1ccc(C(C)C)c(OCC(=O)Cl)c1. The molecule has 0 fully saturated rings. The summed E-state index contributed by atoms with van der Waals surface area (Å²) in [4.78, 5) is 10.6. The molecular weight excluding hydrogens is 212 g/mol. The Labute approximate surface area is 95.2 Å². The van der Waals surface area contributed by atoms with E-state index in [1.165, 1.54) is 0 Å². The Kier molecular flexibility index (Phi) is 4.15. The molecule has 0 bridgehead atoms. The van der Waals surface area contributed by atoms with E-state index in [2.05, 4.69) is 13.8 Å². The lowest BCUT2D eigenvalue weighted by molar-refractivity contribution is -0.113. The van der Waals surface area contributed by atoms with Crippen LogP contribution in [-0.2, 0) is 4.79 Å². The minimum absolute atomic E-state index is 0.0786. The largest absolute Gasteiger partial charge is 0.484 e. The maximum Gasteiger partial charge on any atom is 0.259 e. The van der Waals surface area contributed by atoms with E-state index in [0.29, 0.717) is 5.92 Å². The molecule has 0 amide bonds. The Hall–Kier alpha value is -1.02. The third kappa shape index (κ3) is 3.56. The zero-order valence-corrected chi connectivity index (χ0v) is 9.97. The highest BCUT2D eigenvalue weighted by Gasteiger charge is 2.08. The molecule has 0 unspecified atom stereocenters. The van der Waals surface area contributed by atoms with Gasteiger partial charge in [0.15, 0.2) is 6.61 Å². The van der Waals surface area contributed by atoms with E-state index in [1.54, 1.807) is 0 Å². The fourth-order valence-corrected chi connectivity index (χ4v) is 1.43. The predicted octanol–water partition coefficient (Wildman–Crippen LogP) is 3.26. The molecule has 3 heteroatoms. The van der Waals surface area contributed by atoms with Gasteiger partial charge in [-0.3, -0.25) is 4.79 Å². The average Bonchev–Trinajstić information content (AvgIpc) is 2.14. The Morgan fingerprint density at radius 1 is 1.47 bits per heavy atom. The summed E-state index contributed by atoms with van der Waals surface area (Å²) < 4.78 is 5.36. The normalized spacial score (nSPS) is 10.5. The molecule has 0 N–H and O–H groups in total. The van der Waals surface area contributed by atoms with Crippen molar-refractivity contribution in [2.24, 2.45) is 0 Å². The minimum atomic E-state index is -0.480. The molecule has 1 aromatic rings. The molecule has 0 radical (unpaired) electrons. The lowest BCUT2D eigenvalue weighted by atomic mass is 10.0. The van der Waals surface area contributed by atoms with E-state index in [4.69, 9.17) is 16.3 Å². The lowest BCUT2D eigenvalue weighted by Gasteiger charge is -2.13. The van der Waals surface area contributed by atoms with Crippen LogP contribution in [0.2, 0.25) is 0 Å². The fourth-order valence-electron chi connectivity index (χ4n) is 1.38. The molecule has 0 spiro atoms. The van der Waals surface area contributed by atoms with Crippen molar-refractivity contribution in [3.8, 4) is 5.75 Å². The van der Waals surface area contributed by atoms with Gasteiger partial charge in [-0.25, -0.2) is 0 Å². The molecule has 1 aromatic carbocycles. The Morgan fingerprint density at radius 2 is 2.13 bits per heavy atom. The highest BCUT2D eigenvalue weighted by atomic mass is 35.5. The first kappa shape index (κ1) is 12.1. The molecule has 0 heterocycles. The molecule has 0 saturated carbocycles. The van der Waals surface area contributed by atoms with Crippen LogP contribution in [0.5, 0.6) is 5.75 Å². The summed E-state index contributed by atoms with van der Waals surface area (Å²) in [6.45, 7) is 6.07. The number of hydrogen-bond acceptors (Lipinski definition) is 2. The van der Waals surface area contributed by atoms with Crippen LogP contribution in [0.4, 0.5) is 0 Å². The van der Waals surface area contributed by atoms with Gasteiger partial charge in [-0.2, -0.15) is 0 Å². The third-order valence-corrected chi connectivity index (χ3v) is 2.24. The second-order valence-corrected chi connectivity index (χ2v) is 4.26. The van der Waals surface area contributed by atoms with Crippen LogP contribution in [0.3, 0.4) is 0 Å². The number of carbonyl (C=O) groups excluding carboxylic acids is 1. The van der Waals surface area contributed by atoms with Crippen LogP contribution in [0.15, 0.2) is 18.2 Å². The number of carbonyl (C=O) groups is 1. The number of halogens is 1. The van der Waals surface area contributed by atoms with Gasteiger partial charge < -0.3 is 4.74 Å². The fraction of sp³-hybridized carbons (Fsp3) is 0.417. The standard InChI is InChI=1S/C12H15ClO2/c1-8(2)10-5-4-9(3)6-11(10)15-7-12(13)14/h4-6,8H,7H2,1-3H3. The summed E-state index contributed by atoms with van der Waals surface area (Å²) in [6.07, 6.45) is 0. The second-order valence-electron chi connectivity index (χ2n) is 3.84. The Morgan fingerprint density at radius 3 is 2.67 bits per heavy atom. The van der Waals surface area contributed by atoms with Crippen molar-refractivity contribution in [2.45, 2.75) is 26.7 Å². The smallest absolute Gasteiger partial charge is 0.259 e. The maximum absolute atomic E-state index is 10.6. The van der Waals surface area contributed by atoms with E-state index < -0.39 is 5.24 Å². The topological polar surface area (TPSA) is 26.3 Å². The molecule has 0 aliphatic heterocycles. The average molecular weight is 227 g/mol. The summed E-state index contributed by atoms with van der Waals surface area (Å²) in [7, 11) is 0. The van der Waals surface area contributed by atoms with Gasteiger partial charge in [0, 0.05) is 0 Å². The van der Waals surface area contributed by atoms with Crippen LogP contribution in [0, 0.1) is 6.92 Å². The molecule has 15 heavy (non-hydrogen) atoms. The summed E-state index contributed by atoms with van der Waals surface area (Å²) in [6, 6.07) is 5.98. The van der Waals surface area contributed by atoms with Crippen molar-refractivity contribution in [3.05, 3.63) is 29.3 Å². The maximum atomic E-state index is 10.6. The number of aryl methyl sites for hydroxylation is 1. The van der Waals surface area contributed by atoms with Crippen LogP contribution in [-0.4, -0.2) is 11.8 Å². The highest BCUT2D eigenvalue weighted by molar-refractivity contribution is 6.63. The molecule has 0 aliphatic rings. The summed E-state index contributed by atoms with van der Waals surface area (Å²) in [5.74, 6) is 1.12. The predicted molar refractivity (Wildman–Crippen MR) is 61.6 cm³/mol. The van der Waals surface area contributed by atoms with E-state index >= 15 is 0 Å². The van der Waals surface area contributed by atoms with Crippen LogP contribution in [0.1, 0.15) is 30.9 Å². The van der Waals surface area contributed by atoms with Gasteiger partial charge in [-0.15, -0.1) is 0 Å². The molecule has 0 atom stereocenters. The Balaban J connectivity index is 2.91. The summed E-state index contributed by atoms with van der Waals surface area (Å²) in [5, 5.41) is -0.480. The number of hydrogen-bond donors (Lipinski definition) is 0. The van der Waals surface area contributed by atoms with Gasteiger partial charge >= 0.3 is 0 Å². The zero-order chi connectivity index (χ0) is 11.4. The van der Waals surface area contributed by atoms with E-state index in [0.717, 1.165) is 16.9 Å². The first-order valence-corrected chi connectivity index (χ1v) is 5.30. The molecule has 2 nitrogen and oxygen atoms in total. The van der Waals surface area contributed by atoms with Crippen molar-refractivity contribution < 1.29 is 9.53 Å². The lowest BCUT2D eigenvalue weighted by Crippen LogP contribution is -2.06. The summed E-state index contributed by atoms with van der Waals surface area (Å²) in [5.41, 5.74) is 2.20. The van der Waals surface area contributed by atoms with Crippen molar-refractivity contribution in [1.29, 1.82) is 0 Å². The zero-order valence-electron chi connectivity index (χ0n) is 9.21. The van der Waals surface area contributed by atoms with Gasteiger partial charge in [0.1, 0.15) is 5.75 Å². The first-order chi connectivity index (χ1) is 7.00. The molecule has 0 aliphatic carbocycles. The number of benzene rings is 1. The van der Waals surface area contributed by atoms with E-state index in [-0.39, 0.29) is 6.61 Å². The minimum Gasteiger partial charge on any atom is -0.484 e. The summed E-state index contributed by atoms with van der Waals surface area (Å²) >= 11 is 5.24.